The van der Waals surface area contributed by atoms with E-state index in [-0.39, 0.29) is 33.7 Å². The maximum absolute atomic E-state index is 11.7. The summed E-state index contributed by atoms with van der Waals surface area (Å²) in [5.41, 5.74) is 0.283. The van der Waals surface area contributed by atoms with Crippen LogP contribution in [0, 0.1) is 0 Å². The molecule has 0 amide bonds. The van der Waals surface area contributed by atoms with Crippen LogP contribution in [0.4, 0.5) is 0 Å². The highest BCUT2D eigenvalue weighted by atomic mass is 35.5. The van der Waals surface area contributed by atoms with Crippen LogP contribution in [0.3, 0.4) is 0 Å². The number of aliphatic hydroxyl groups excluding tert-OH is 1. The largest absolute Gasteiger partial charge is 0.392 e. The summed E-state index contributed by atoms with van der Waals surface area (Å²) < 4.78 is 25.8. The van der Waals surface area contributed by atoms with Gasteiger partial charge in [-0.3, -0.25) is 0 Å². The molecule has 0 fully saturated rings. The minimum absolute atomic E-state index is 0.00662. The normalized spacial score (nSPS) is 11.8. The Kier molecular flexibility index (Phi) is 4.58. The van der Waals surface area contributed by atoms with Crippen molar-refractivity contribution >= 4 is 33.2 Å². The molecule has 0 bridgehead atoms. The lowest BCUT2D eigenvalue weighted by atomic mass is 10.2. The molecule has 7 heteroatoms. The molecule has 1 rings (SSSR count). The van der Waals surface area contributed by atoms with Crippen molar-refractivity contribution in [2.24, 2.45) is 0 Å². The highest BCUT2D eigenvalue weighted by Crippen LogP contribution is 2.29. The molecule has 0 aromatic heterocycles. The third-order valence-corrected chi connectivity index (χ3v) is 4.22. The highest BCUT2D eigenvalue weighted by Gasteiger charge is 2.19. The average molecular weight is 284 g/mol. The molecule has 1 aromatic carbocycles. The van der Waals surface area contributed by atoms with Gasteiger partial charge in [-0.05, 0) is 17.7 Å². The van der Waals surface area contributed by atoms with E-state index in [9.17, 15) is 8.42 Å². The molecule has 0 heterocycles. The summed E-state index contributed by atoms with van der Waals surface area (Å²) in [6, 6.07) is 2.68. The Labute approximate surface area is 104 Å². The van der Waals surface area contributed by atoms with Crippen molar-refractivity contribution in [3.63, 3.8) is 0 Å². The van der Waals surface area contributed by atoms with E-state index in [4.69, 9.17) is 28.3 Å². The van der Waals surface area contributed by atoms with E-state index >= 15 is 0 Å². The summed E-state index contributed by atoms with van der Waals surface area (Å²) in [6.45, 7) is 1.54. The second-order valence-corrected chi connectivity index (χ2v) is 5.59. The predicted molar refractivity (Wildman–Crippen MR) is 63.2 cm³/mol. The first-order valence-corrected chi connectivity index (χ1v) is 6.74. The zero-order valence-electron chi connectivity index (χ0n) is 8.50. The Hall–Kier alpha value is -0.330. The van der Waals surface area contributed by atoms with E-state index in [0.717, 1.165) is 0 Å². The molecule has 4 nitrogen and oxygen atoms in total. The van der Waals surface area contributed by atoms with Crippen LogP contribution in [-0.2, 0) is 16.6 Å². The summed E-state index contributed by atoms with van der Waals surface area (Å²) in [6.07, 6.45) is 0. The summed E-state index contributed by atoms with van der Waals surface area (Å²) >= 11 is 11.6. The van der Waals surface area contributed by atoms with Gasteiger partial charge in [-0.1, -0.05) is 30.1 Å². The molecule has 16 heavy (non-hydrogen) atoms. The van der Waals surface area contributed by atoms with E-state index in [1.807, 2.05) is 0 Å². The zero-order valence-corrected chi connectivity index (χ0v) is 10.8. The van der Waals surface area contributed by atoms with E-state index in [1.54, 1.807) is 6.92 Å². The number of aliphatic hydroxyl groups is 1. The average Bonchev–Trinajstić information content (AvgIpc) is 2.20. The Morgan fingerprint density at radius 2 is 2.00 bits per heavy atom. The van der Waals surface area contributed by atoms with Gasteiger partial charge in [0.25, 0.3) is 0 Å². The van der Waals surface area contributed by atoms with Crippen molar-refractivity contribution < 1.29 is 13.5 Å². The summed E-state index contributed by atoms with van der Waals surface area (Å²) in [5.74, 6) is 0. The summed E-state index contributed by atoms with van der Waals surface area (Å²) in [4.78, 5) is -0.118. The molecule has 0 aliphatic carbocycles. The molecule has 1 aromatic rings. The Morgan fingerprint density at radius 3 is 2.50 bits per heavy atom. The monoisotopic (exact) mass is 283 g/mol. The van der Waals surface area contributed by atoms with Crippen LogP contribution in [0.2, 0.25) is 10.0 Å². The second kappa shape index (κ2) is 5.33. The number of rotatable bonds is 4. The van der Waals surface area contributed by atoms with Gasteiger partial charge < -0.3 is 5.11 Å². The van der Waals surface area contributed by atoms with Crippen molar-refractivity contribution in [2.75, 3.05) is 6.54 Å². The number of hydrogen-bond acceptors (Lipinski definition) is 3. The Morgan fingerprint density at radius 1 is 1.38 bits per heavy atom. The van der Waals surface area contributed by atoms with Crippen LogP contribution in [0.1, 0.15) is 12.5 Å². The number of halogens is 2. The molecule has 0 saturated carbocycles. The molecule has 90 valence electrons. The lowest BCUT2D eigenvalue weighted by Gasteiger charge is -2.10. The highest BCUT2D eigenvalue weighted by molar-refractivity contribution is 7.89. The van der Waals surface area contributed by atoms with Crippen LogP contribution >= 0.6 is 23.2 Å². The van der Waals surface area contributed by atoms with Crippen LogP contribution in [0.25, 0.3) is 0 Å². The SMILES string of the molecule is CCNS(=O)(=O)c1cc(Cl)cc(CO)c1Cl. The quantitative estimate of drug-likeness (QED) is 0.885. The fourth-order valence-electron chi connectivity index (χ4n) is 1.20. The summed E-state index contributed by atoms with van der Waals surface area (Å²) in [7, 11) is -3.67. The van der Waals surface area contributed by atoms with Gasteiger partial charge in [-0.25, -0.2) is 13.1 Å². The van der Waals surface area contributed by atoms with Gasteiger partial charge in [-0.2, -0.15) is 0 Å². The minimum atomic E-state index is -3.67. The van der Waals surface area contributed by atoms with Gasteiger partial charge in [0.2, 0.25) is 10.0 Å². The van der Waals surface area contributed by atoms with E-state index < -0.39 is 10.0 Å². The summed E-state index contributed by atoms with van der Waals surface area (Å²) in [5, 5.41) is 9.21. The van der Waals surface area contributed by atoms with E-state index in [0.29, 0.717) is 0 Å². The minimum Gasteiger partial charge on any atom is -0.392 e. The number of sulfonamides is 1. The molecular weight excluding hydrogens is 273 g/mol. The fourth-order valence-corrected chi connectivity index (χ4v) is 3.16. The van der Waals surface area contributed by atoms with Gasteiger partial charge in [0, 0.05) is 11.6 Å². The van der Waals surface area contributed by atoms with Crippen molar-refractivity contribution in [1.82, 2.24) is 4.72 Å². The van der Waals surface area contributed by atoms with Gasteiger partial charge in [0.05, 0.1) is 11.6 Å². The first-order chi connectivity index (χ1) is 7.42. The van der Waals surface area contributed by atoms with Crippen LogP contribution in [-0.4, -0.2) is 20.1 Å². The maximum atomic E-state index is 11.7. The Bertz CT molecular complexity index is 488. The molecule has 2 N–H and O–H groups in total. The lowest BCUT2D eigenvalue weighted by molar-refractivity contribution is 0.281. The number of hydrogen-bond donors (Lipinski definition) is 2. The molecule has 0 aliphatic rings. The van der Waals surface area contributed by atoms with Crippen LogP contribution < -0.4 is 4.72 Å². The van der Waals surface area contributed by atoms with Crippen molar-refractivity contribution in [3.8, 4) is 0 Å². The number of benzene rings is 1. The molecular formula is C9H11Cl2NO3S. The lowest BCUT2D eigenvalue weighted by Crippen LogP contribution is -2.23. The standard InChI is InChI=1S/C9H11Cl2NO3S/c1-2-12-16(14,15)8-4-7(10)3-6(5-13)9(8)11/h3-4,12-13H,2,5H2,1H3. The van der Waals surface area contributed by atoms with Gasteiger partial charge in [0.1, 0.15) is 4.90 Å². The molecule has 0 aliphatic heterocycles. The van der Waals surface area contributed by atoms with Crippen molar-refractivity contribution in [3.05, 3.63) is 27.7 Å². The van der Waals surface area contributed by atoms with Crippen molar-refractivity contribution in [2.45, 2.75) is 18.4 Å². The van der Waals surface area contributed by atoms with Gasteiger partial charge in [-0.15, -0.1) is 0 Å². The van der Waals surface area contributed by atoms with Crippen LogP contribution in [0.15, 0.2) is 17.0 Å². The van der Waals surface area contributed by atoms with Crippen LogP contribution in [0.5, 0.6) is 0 Å². The van der Waals surface area contributed by atoms with Gasteiger partial charge in [0.15, 0.2) is 0 Å². The predicted octanol–water partition coefficient (Wildman–Crippen LogP) is 1.78. The number of nitrogens with one attached hydrogen (secondary N) is 1. The fraction of sp³-hybridized carbons (Fsp3) is 0.333. The molecule has 0 radical (unpaired) electrons. The van der Waals surface area contributed by atoms with Crippen molar-refractivity contribution in [1.29, 1.82) is 0 Å². The second-order valence-electron chi connectivity index (χ2n) is 3.04. The topological polar surface area (TPSA) is 66.4 Å². The smallest absolute Gasteiger partial charge is 0.242 e. The Balaban J connectivity index is 3.39. The first-order valence-electron chi connectivity index (χ1n) is 4.50. The molecule has 0 saturated heterocycles. The first kappa shape index (κ1) is 13.7. The van der Waals surface area contributed by atoms with E-state index in [2.05, 4.69) is 4.72 Å². The van der Waals surface area contributed by atoms with E-state index in [1.165, 1.54) is 12.1 Å². The van der Waals surface area contributed by atoms with Gasteiger partial charge >= 0.3 is 0 Å². The molecule has 0 atom stereocenters. The zero-order chi connectivity index (χ0) is 12.3. The third kappa shape index (κ3) is 2.87. The third-order valence-electron chi connectivity index (χ3n) is 1.87. The maximum Gasteiger partial charge on any atom is 0.242 e. The molecule has 0 spiro atoms. The molecule has 0 unspecified atom stereocenters.